The van der Waals surface area contributed by atoms with Crippen LogP contribution in [0.5, 0.6) is 0 Å². The van der Waals surface area contributed by atoms with Gasteiger partial charge in [-0.2, -0.15) is 0 Å². The Labute approximate surface area is 224 Å². The number of methoxy groups -OCH3 is 2. The summed E-state index contributed by atoms with van der Waals surface area (Å²) in [7, 11) is 2.73. The van der Waals surface area contributed by atoms with Gasteiger partial charge in [0, 0.05) is 0 Å². The maximum Gasteiger partial charge on any atom is 0.335 e. The Kier molecular flexibility index (Phi) is 4.27. The van der Waals surface area contributed by atoms with Gasteiger partial charge >= 0.3 is 11.9 Å². The average molecular weight is 507 g/mol. The Hall–Kier alpha value is -4.96. The van der Waals surface area contributed by atoms with Gasteiger partial charge in [-0.1, -0.05) is 97.1 Å². The Morgan fingerprint density at radius 3 is 1.08 bits per heavy atom. The molecule has 0 bridgehead atoms. The van der Waals surface area contributed by atoms with E-state index in [0.717, 1.165) is 65.3 Å². The molecule has 0 fully saturated rings. The summed E-state index contributed by atoms with van der Waals surface area (Å²) in [6.07, 6.45) is 0. The lowest BCUT2D eigenvalue weighted by Gasteiger charge is -2.21. The van der Waals surface area contributed by atoms with E-state index in [2.05, 4.69) is 60.7 Å². The van der Waals surface area contributed by atoms with Gasteiger partial charge in [0.05, 0.1) is 30.8 Å². The first-order valence-electron chi connectivity index (χ1n) is 12.9. The Balaban J connectivity index is 1.71. The molecule has 2 aliphatic carbocycles. The Bertz CT molecular complexity index is 1980. The predicted molar refractivity (Wildman–Crippen MR) is 154 cm³/mol. The van der Waals surface area contributed by atoms with Gasteiger partial charge in [-0.3, -0.25) is 0 Å². The highest BCUT2D eigenvalue weighted by Gasteiger charge is 2.68. The van der Waals surface area contributed by atoms with Gasteiger partial charge < -0.3 is 9.47 Å². The van der Waals surface area contributed by atoms with Gasteiger partial charge in [-0.15, -0.1) is 0 Å². The van der Waals surface area contributed by atoms with Crippen molar-refractivity contribution in [3.05, 3.63) is 119 Å². The second-order valence-electron chi connectivity index (χ2n) is 10.2. The maximum atomic E-state index is 13.5. The van der Waals surface area contributed by atoms with Gasteiger partial charge in [0.1, 0.15) is 0 Å². The van der Waals surface area contributed by atoms with Crippen LogP contribution in [0.2, 0.25) is 0 Å². The molecule has 0 atom stereocenters. The number of carbonyl (C=O) groups is 2. The summed E-state index contributed by atoms with van der Waals surface area (Å²) in [4.78, 5) is 27.0. The van der Waals surface area contributed by atoms with Crippen LogP contribution < -0.4 is 0 Å². The van der Waals surface area contributed by atoms with Crippen LogP contribution in [0.15, 0.2) is 108 Å². The molecule has 1 spiro atoms. The molecule has 0 saturated heterocycles. The van der Waals surface area contributed by atoms with Gasteiger partial charge in [0.2, 0.25) is 0 Å². The molecular formula is C35H22O4. The highest BCUT2D eigenvalue weighted by atomic mass is 16.5. The minimum absolute atomic E-state index is 0.359. The molecule has 0 radical (unpaired) electrons. The smallest absolute Gasteiger partial charge is 0.335 e. The molecule has 6 aromatic rings. The van der Waals surface area contributed by atoms with Gasteiger partial charge in [0.15, 0.2) is 0 Å². The fourth-order valence-corrected chi connectivity index (χ4v) is 7.20. The third-order valence-corrected chi connectivity index (χ3v) is 8.58. The van der Waals surface area contributed by atoms with Crippen LogP contribution >= 0.6 is 0 Å². The van der Waals surface area contributed by atoms with Crippen LogP contribution in [0, 0.1) is 0 Å². The van der Waals surface area contributed by atoms with E-state index in [1.54, 1.807) is 0 Å². The van der Waals surface area contributed by atoms with Crippen molar-refractivity contribution >= 4 is 55.0 Å². The van der Waals surface area contributed by atoms with Gasteiger partial charge in [0.25, 0.3) is 0 Å². The van der Waals surface area contributed by atoms with Crippen molar-refractivity contribution in [2.45, 2.75) is 5.41 Å². The van der Waals surface area contributed by atoms with E-state index in [4.69, 9.17) is 9.47 Å². The summed E-state index contributed by atoms with van der Waals surface area (Å²) in [5.74, 6) is -1.02. The zero-order valence-corrected chi connectivity index (χ0v) is 21.4. The van der Waals surface area contributed by atoms with Crippen molar-refractivity contribution in [2.75, 3.05) is 14.2 Å². The van der Waals surface area contributed by atoms with E-state index >= 15 is 0 Å². The highest BCUT2D eigenvalue weighted by molar-refractivity contribution is 6.31. The summed E-state index contributed by atoms with van der Waals surface area (Å²) < 4.78 is 10.6. The zero-order chi connectivity index (χ0) is 26.5. The molecule has 6 aromatic carbocycles. The number of rotatable bonds is 2. The minimum Gasteiger partial charge on any atom is -0.466 e. The first-order valence-corrected chi connectivity index (χ1v) is 12.9. The maximum absolute atomic E-state index is 13.5. The molecule has 0 unspecified atom stereocenters. The fourth-order valence-electron chi connectivity index (χ4n) is 7.20. The van der Waals surface area contributed by atoms with Gasteiger partial charge in [-0.05, 0) is 65.3 Å². The molecule has 0 saturated carbocycles. The average Bonchev–Trinajstić information content (AvgIpc) is 3.58. The third-order valence-electron chi connectivity index (χ3n) is 8.58. The lowest BCUT2D eigenvalue weighted by atomic mass is 9.79. The molecule has 39 heavy (non-hydrogen) atoms. The molecule has 186 valence electrons. The lowest BCUT2D eigenvalue weighted by Crippen LogP contribution is -2.20. The number of carbonyl (C=O) groups excluding carboxylic acids is 2. The van der Waals surface area contributed by atoms with Crippen molar-refractivity contribution in [1.29, 1.82) is 0 Å². The van der Waals surface area contributed by atoms with E-state index < -0.39 is 17.4 Å². The third kappa shape index (κ3) is 2.49. The fraction of sp³-hybridized carbons (Fsp3) is 0.0857. The molecule has 4 heteroatoms. The van der Waals surface area contributed by atoms with Crippen molar-refractivity contribution in [3.8, 4) is 11.1 Å². The molecule has 2 aliphatic rings. The standard InChI is InChI=1S/C35H22O4/c1-38-33(36)31-32(34(37)39-2)35(31)29-25-17-9-5-13-21(25)19-11-3-7-15-23(19)27(29)28-24-16-8-4-12-20(24)22-14-6-10-18-26(22)30(28)35/h3-18H,1-2H3. The topological polar surface area (TPSA) is 52.6 Å². The van der Waals surface area contributed by atoms with Crippen LogP contribution in [-0.4, -0.2) is 26.2 Å². The molecule has 0 amide bonds. The minimum atomic E-state index is -1.07. The van der Waals surface area contributed by atoms with Crippen LogP contribution in [-0.2, 0) is 24.5 Å². The number of esters is 2. The number of benzene rings is 6. The molecule has 0 N–H and O–H groups in total. The second-order valence-corrected chi connectivity index (χ2v) is 10.2. The van der Waals surface area contributed by atoms with E-state index in [0.29, 0.717) is 11.1 Å². The van der Waals surface area contributed by atoms with Crippen molar-refractivity contribution in [1.82, 2.24) is 0 Å². The predicted octanol–water partition coefficient (Wildman–Crippen LogP) is 7.22. The van der Waals surface area contributed by atoms with Crippen LogP contribution in [0.4, 0.5) is 0 Å². The molecule has 0 heterocycles. The largest absolute Gasteiger partial charge is 0.466 e. The van der Waals surface area contributed by atoms with E-state index in [9.17, 15) is 9.59 Å². The molecule has 0 aromatic heterocycles. The second kappa shape index (κ2) is 7.55. The zero-order valence-electron chi connectivity index (χ0n) is 21.4. The quantitative estimate of drug-likeness (QED) is 0.184. The first kappa shape index (κ1) is 22.1. The van der Waals surface area contributed by atoms with E-state index in [1.807, 2.05) is 36.4 Å². The summed E-state index contributed by atoms with van der Waals surface area (Å²) in [6, 6.07) is 33.3. The molecular weight excluding hydrogens is 484 g/mol. The van der Waals surface area contributed by atoms with Gasteiger partial charge in [-0.25, -0.2) is 9.59 Å². The SMILES string of the molecule is COC(=O)C1=C(C(=O)OC)C12c1c(c3ccccc3c3ccccc13)-c1c2c2ccccc2c2ccccc12. The number of ether oxygens (including phenoxy) is 2. The summed E-state index contributed by atoms with van der Waals surface area (Å²) in [5.41, 5.74) is 3.67. The summed E-state index contributed by atoms with van der Waals surface area (Å²) in [5, 5.41) is 8.61. The molecule has 8 rings (SSSR count). The summed E-state index contributed by atoms with van der Waals surface area (Å²) >= 11 is 0. The van der Waals surface area contributed by atoms with Crippen LogP contribution in [0.25, 0.3) is 54.2 Å². The number of fused-ring (bicyclic) bond motifs is 15. The monoisotopic (exact) mass is 506 g/mol. The molecule has 0 aliphatic heterocycles. The van der Waals surface area contributed by atoms with E-state index in [-0.39, 0.29) is 0 Å². The summed E-state index contributed by atoms with van der Waals surface area (Å²) in [6.45, 7) is 0. The highest BCUT2D eigenvalue weighted by Crippen LogP contribution is 2.71. The number of hydrogen-bond donors (Lipinski definition) is 0. The van der Waals surface area contributed by atoms with Crippen LogP contribution in [0.1, 0.15) is 11.1 Å². The van der Waals surface area contributed by atoms with Crippen molar-refractivity contribution in [3.63, 3.8) is 0 Å². The molecule has 4 nitrogen and oxygen atoms in total. The van der Waals surface area contributed by atoms with E-state index in [1.165, 1.54) is 14.2 Å². The normalized spacial score (nSPS) is 14.7. The number of hydrogen-bond acceptors (Lipinski definition) is 4. The van der Waals surface area contributed by atoms with Crippen molar-refractivity contribution in [2.24, 2.45) is 0 Å². The van der Waals surface area contributed by atoms with Crippen LogP contribution in [0.3, 0.4) is 0 Å². The van der Waals surface area contributed by atoms with Crippen molar-refractivity contribution < 1.29 is 19.1 Å². The first-order chi connectivity index (χ1) is 19.1. The lowest BCUT2D eigenvalue weighted by molar-refractivity contribution is -0.137. The Morgan fingerprint density at radius 1 is 0.462 bits per heavy atom. The Morgan fingerprint density at radius 2 is 0.744 bits per heavy atom.